The van der Waals surface area contributed by atoms with Crippen LogP contribution in [0.4, 0.5) is 0 Å². The third kappa shape index (κ3) is 2.78. The van der Waals surface area contributed by atoms with E-state index in [2.05, 4.69) is 6.58 Å². The van der Waals surface area contributed by atoms with E-state index in [1.807, 2.05) is 24.3 Å². The molecule has 0 aliphatic carbocycles. The quantitative estimate of drug-likeness (QED) is 0.596. The van der Waals surface area contributed by atoms with Gasteiger partial charge in [0.2, 0.25) is 0 Å². The molecule has 4 nitrogen and oxygen atoms in total. The molecule has 4 heteroatoms. The van der Waals surface area contributed by atoms with Gasteiger partial charge in [0.05, 0.1) is 13.2 Å². The first kappa shape index (κ1) is 12.8. The largest absolute Gasteiger partial charge is 0.405 e. The fourth-order valence-electron chi connectivity index (χ4n) is 1.61. The van der Waals surface area contributed by atoms with Gasteiger partial charge in [-0.3, -0.25) is 0 Å². The summed E-state index contributed by atoms with van der Waals surface area (Å²) in [5.41, 5.74) is 2.38. The number of fused-ring (bicyclic) bond motifs is 1. The van der Waals surface area contributed by atoms with Crippen molar-refractivity contribution in [2.24, 2.45) is 0 Å². The number of hydrogen-bond donors (Lipinski definition) is 0. The van der Waals surface area contributed by atoms with E-state index < -0.39 is 11.9 Å². The maximum absolute atomic E-state index is 11.5. The molecule has 2 rings (SSSR count). The van der Waals surface area contributed by atoms with Crippen molar-refractivity contribution in [1.82, 2.24) is 0 Å². The van der Waals surface area contributed by atoms with Gasteiger partial charge in [0.1, 0.15) is 0 Å². The summed E-state index contributed by atoms with van der Waals surface area (Å²) in [6, 6.07) is 7.80. The fourth-order valence-corrected chi connectivity index (χ4v) is 1.61. The van der Waals surface area contributed by atoms with Crippen LogP contribution in [-0.2, 0) is 32.2 Å². The normalized spacial score (nSPS) is 17.4. The summed E-state index contributed by atoms with van der Waals surface area (Å²) >= 11 is 0. The van der Waals surface area contributed by atoms with Crippen LogP contribution < -0.4 is 0 Å². The number of ether oxygens (including phenoxy) is 3. The highest BCUT2D eigenvalue weighted by Crippen LogP contribution is 2.26. The van der Waals surface area contributed by atoms with Crippen LogP contribution in [0.5, 0.6) is 0 Å². The minimum atomic E-state index is -1.37. The molecule has 1 aromatic carbocycles. The van der Waals surface area contributed by atoms with E-state index in [1.54, 1.807) is 13.8 Å². The number of esters is 1. The molecule has 0 saturated carbocycles. The Morgan fingerprint density at radius 1 is 1.28 bits per heavy atom. The molecule has 0 amide bonds. The highest BCUT2D eigenvalue weighted by molar-refractivity contribution is 5.87. The first-order valence-electron chi connectivity index (χ1n) is 5.74. The van der Waals surface area contributed by atoms with Gasteiger partial charge in [-0.2, -0.15) is 0 Å². The van der Waals surface area contributed by atoms with Crippen molar-refractivity contribution in [3.05, 3.63) is 47.5 Å². The molecule has 0 aromatic heterocycles. The Morgan fingerprint density at radius 2 is 1.78 bits per heavy atom. The lowest BCUT2D eigenvalue weighted by Gasteiger charge is -2.27. The molecular weight excluding hydrogens is 232 g/mol. The van der Waals surface area contributed by atoms with Crippen molar-refractivity contribution >= 4 is 5.97 Å². The minimum Gasteiger partial charge on any atom is -0.405 e. The zero-order valence-corrected chi connectivity index (χ0v) is 10.6. The van der Waals surface area contributed by atoms with Crippen molar-refractivity contribution in [3.63, 3.8) is 0 Å². The highest BCUT2D eigenvalue weighted by Gasteiger charge is 2.34. The molecule has 1 aliphatic rings. The van der Waals surface area contributed by atoms with Gasteiger partial charge >= 0.3 is 11.9 Å². The summed E-state index contributed by atoms with van der Waals surface area (Å²) in [4.78, 5) is 11.5. The van der Waals surface area contributed by atoms with Gasteiger partial charge in [-0.05, 0) is 18.1 Å². The Kier molecular flexibility index (Phi) is 3.50. The van der Waals surface area contributed by atoms with Gasteiger partial charge in [-0.1, -0.05) is 30.8 Å². The fraction of sp³-hybridized carbons (Fsp3) is 0.357. The smallest absolute Gasteiger partial charge is 0.337 e. The van der Waals surface area contributed by atoms with Gasteiger partial charge in [0.25, 0.3) is 0 Å². The van der Waals surface area contributed by atoms with Gasteiger partial charge in [0.15, 0.2) is 0 Å². The Balaban J connectivity index is 2.11. The molecule has 0 saturated heterocycles. The van der Waals surface area contributed by atoms with E-state index in [1.165, 1.54) is 0 Å². The highest BCUT2D eigenvalue weighted by atomic mass is 16.9. The maximum atomic E-state index is 11.5. The standard InChI is InChI=1S/C14H16O4/c1-10(2)13(15)18-14(3)16-8-11-6-4-5-7-12(11)9-17-14/h4-7H,1,8-9H2,2-3H3. The summed E-state index contributed by atoms with van der Waals surface area (Å²) in [6.07, 6.45) is 0. The van der Waals surface area contributed by atoms with Crippen LogP contribution in [0.1, 0.15) is 25.0 Å². The summed E-state index contributed by atoms with van der Waals surface area (Å²) in [6.45, 7) is 7.38. The summed E-state index contributed by atoms with van der Waals surface area (Å²) in [5.74, 6) is -1.89. The average Bonchev–Trinajstić information content (AvgIpc) is 2.50. The molecule has 0 spiro atoms. The second-order valence-electron chi connectivity index (χ2n) is 4.38. The molecule has 0 bridgehead atoms. The second kappa shape index (κ2) is 4.92. The molecule has 0 N–H and O–H groups in total. The van der Waals surface area contributed by atoms with Crippen LogP contribution in [-0.4, -0.2) is 11.9 Å². The van der Waals surface area contributed by atoms with Gasteiger partial charge in [-0.15, -0.1) is 0 Å². The molecule has 0 unspecified atom stereocenters. The predicted molar refractivity (Wildman–Crippen MR) is 65.3 cm³/mol. The lowest BCUT2D eigenvalue weighted by Crippen LogP contribution is -2.36. The van der Waals surface area contributed by atoms with Crippen molar-refractivity contribution in [1.29, 1.82) is 0 Å². The maximum Gasteiger partial charge on any atom is 0.337 e. The number of hydrogen-bond acceptors (Lipinski definition) is 4. The van der Waals surface area contributed by atoms with Gasteiger partial charge < -0.3 is 14.2 Å². The first-order chi connectivity index (χ1) is 8.50. The number of carbonyl (C=O) groups excluding carboxylic acids is 1. The van der Waals surface area contributed by atoms with Crippen LogP contribution >= 0.6 is 0 Å². The van der Waals surface area contributed by atoms with Crippen LogP contribution in [0, 0.1) is 0 Å². The summed E-state index contributed by atoms with van der Waals surface area (Å²) < 4.78 is 16.2. The van der Waals surface area contributed by atoms with Crippen molar-refractivity contribution < 1.29 is 19.0 Å². The molecule has 96 valence electrons. The van der Waals surface area contributed by atoms with E-state index in [-0.39, 0.29) is 0 Å². The lowest BCUT2D eigenvalue weighted by atomic mass is 10.1. The summed E-state index contributed by atoms with van der Waals surface area (Å²) in [5, 5.41) is 0. The van der Waals surface area contributed by atoms with E-state index in [9.17, 15) is 4.79 Å². The molecule has 0 atom stereocenters. The van der Waals surface area contributed by atoms with E-state index in [4.69, 9.17) is 14.2 Å². The van der Waals surface area contributed by atoms with Crippen LogP contribution in [0.2, 0.25) is 0 Å². The van der Waals surface area contributed by atoms with Crippen molar-refractivity contribution in [2.75, 3.05) is 0 Å². The Bertz CT molecular complexity index is 451. The molecule has 0 radical (unpaired) electrons. The SMILES string of the molecule is C=C(C)C(=O)OC1(C)OCc2ccccc2CO1. The second-order valence-corrected chi connectivity index (χ2v) is 4.38. The topological polar surface area (TPSA) is 44.8 Å². The van der Waals surface area contributed by atoms with E-state index in [0.29, 0.717) is 18.8 Å². The number of carbonyl (C=O) groups is 1. The number of benzene rings is 1. The number of rotatable bonds is 2. The monoisotopic (exact) mass is 248 g/mol. The lowest BCUT2D eigenvalue weighted by molar-refractivity contribution is -0.356. The Labute approximate surface area is 106 Å². The average molecular weight is 248 g/mol. The summed E-state index contributed by atoms with van der Waals surface area (Å²) in [7, 11) is 0. The third-order valence-corrected chi connectivity index (χ3v) is 2.72. The molecule has 1 aliphatic heterocycles. The van der Waals surface area contributed by atoms with Gasteiger partial charge in [0, 0.05) is 12.5 Å². The predicted octanol–water partition coefficient (Wildman–Crippen LogP) is 2.53. The Morgan fingerprint density at radius 3 is 2.22 bits per heavy atom. The van der Waals surface area contributed by atoms with Crippen molar-refractivity contribution in [3.8, 4) is 0 Å². The molecule has 1 aromatic rings. The zero-order valence-electron chi connectivity index (χ0n) is 10.6. The van der Waals surface area contributed by atoms with E-state index >= 15 is 0 Å². The Hall–Kier alpha value is -1.65. The minimum absolute atomic E-state index is 0.310. The third-order valence-electron chi connectivity index (χ3n) is 2.72. The van der Waals surface area contributed by atoms with Crippen LogP contribution in [0.3, 0.4) is 0 Å². The van der Waals surface area contributed by atoms with Crippen molar-refractivity contribution in [2.45, 2.75) is 33.0 Å². The molecule has 18 heavy (non-hydrogen) atoms. The molecule has 1 heterocycles. The first-order valence-corrected chi connectivity index (χ1v) is 5.74. The van der Waals surface area contributed by atoms with Gasteiger partial charge in [-0.25, -0.2) is 4.79 Å². The molecule has 0 fully saturated rings. The van der Waals surface area contributed by atoms with Crippen LogP contribution in [0.15, 0.2) is 36.4 Å². The molecular formula is C14H16O4. The zero-order chi connectivity index (χ0) is 13.2. The van der Waals surface area contributed by atoms with E-state index in [0.717, 1.165) is 11.1 Å². The van der Waals surface area contributed by atoms with Crippen LogP contribution in [0.25, 0.3) is 0 Å².